The number of nitrogens with one attached hydrogen (secondary N) is 1. The zero-order chi connectivity index (χ0) is 16.2. The Kier molecular flexibility index (Phi) is 5.64. The van der Waals surface area contributed by atoms with E-state index < -0.39 is 21.1 Å². The summed E-state index contributed by atoms with van der Waals surface area (Å²) in [6, 6.07) is 3.21. The molecule has 21 heavy (non-hydrogen) atoms. The third kappa shape index (κ3) is 4.38. The van der Waals surface area contributed by atoms with Crippen LogP contribution in [0.1, 0.15) is 13.8 Å². The Bertz CT molecular complexity index is 614. The Morgan fingerprint density at radius 3 is 2.52 bits per heavy atom. The smallest absolute Gasteiger partial charge is 0.273 e. The normalized spacial score (nSPS) is 13.2. The number of nitrogens with zero attached hydrogens (tertiary/aromatic N) is 1. The summed E-state index contributed by atoms with van der Waals surface area (Å²) >= 11 is 0. The number of hydrogen-bond acceptors (Lipinski definition) is 6. The van der Waals surface area contributed by atoms with Crippen molar-refractivity contribution in [3.05, 3.63) is 28.3 Å². The first-order valence-corrected chi connectivity index (χ1v) is 7.67. The van der Waals surface area contributed by atoms with E-state index in [0.717, 1.165) is 18.2 Å². The number of aliphatic hydroxyl groups is 1. The number of ether oxygens (including phenoxy) is 1. The van der Waals surface area contributed by atoms with E-state index in [1.54, 1.807) is 13.8 Å². The van der Waals surface area contributed by atoms with Crippen molar-refractivity contribution >= 4 is 15.7 Å². The first-order chi connectivity index (χ1) is 9.69. The highest BCUT2D eigenvalue weighted by Gasteiger charge is 2.23. The van der Waals surface area contributed by atoms with E-state index in [9.17, 15) is 23.6 Å². The van der Waals surface area contributed by atoms with Crippen LogP contribution in [0.3, 0.4) is 0 Å². The molecule has 118 valence electrons. The molecule has 0 saturated heterocycles. The summed E-state index contributed by atoms with van der Waals surface area (Å²) in [7, 11) is -2.71. The maximum Gasteiger partial charge on any atom is 0.273 e. The molecule has 0 spiro atoms. The number of benzene rings is 1. The number of non-ortho nitro benzene ring substituents is 1. The first kappa shape index (κ1) is 17.3. The second-order valence-corrected chi connectivity index (χ2v) is 6.49. The molecule has 1 unspecified atom stereocenters. The molecule has 0 aromatic heterocycles. The molecule has 1 atom stereocenters. The summed E-state index contributed by atoms with van der Waals surface area (Å²) in [4.78, 5) is 9.81. The van der Waals surface area contributed by atoms with Crippen molar-refractivity contribution in [3.8, 4) is 5.75 Å². The van der Waals surface area contributed by atoms with Crippen LogP contribution in [-0.4, -0.2) is 38.2 Å². The number of rotatable bonds is 7. The fourth-order valence-electron chi connectivity index (χ4n) is 1.50. The number of sulfonamides is 1. The summed E-state index contributed by atoms with van der Waals surface area (Å²) in [5, 5.41) is 20.3. The fourth-order valence-corrected chi connectivity index (χ4v) is 2.70. The lowest BCUT2D eigenvalue weighted by Crippen LogP contribution is -2.34. The fraction of sp³-hybridized carbons (Fsp3) is 0.500. The molecule has 1 aromatic rings. The Morgan fingerprint density at radius 1 is 1.43 bits per heavy atom. The van der Waals surface area contributed by atoms with E-state index in [2.05, 4.69) is 4.72 Å². The molecule has 0 fully saturated rings. The Hall–Kier alpha value is -1.71. The van der Waals surface area contributed by atoms with E-state index in [1.807, 2.05) is 0 Å². The van der Waals surface area contributed by atoms with Crippen LogP contribution in [0.2, 0.25) is 0 Å². The highest BCUT2D eigenvalue weighted by atomic mass is 32.2. The minimum absolute atomic E-state index is 0.105. The van der Waals surface area contributed by atoms with Crippen LogP contribution in [-0.2, 0) is 10.0 Å². The van der Waals surface area contributed by atoms with Crippen molar-refractivity contribution < 1.29 is 23.2 Å². The molecule has 0 radical (unpaired) electrons. The zero-order valence-electron chi connectivity index (χ0n) is 11.9. The van der Waals surface area contributed by atoms with Gasteiger partial charge in [0.1, 0.15) is 10.6 Å². The van der Waals surface area contributed by atoms with Crippen LogP contribution in [0.15, 0.2) is 23.1 Å². The molecule has 1 aromatic carbocycles. The molecule has 0 saturated carbocycles. The predicted molar refractivity (Wildman–Crippen MR) is 75.7 cm³/mol. The van der Waals surface area contributed by atoms with E-state index in [1.165, 1.54) is 7.11 Å². The third-order valence-electron chi connectivity index (χ3n) is 2.90. The van der Waals surface area contributed by atoms with E-state index in [-0.39, 0.29) is 28.8 Å². The lowest BCUT2D eigenvalue weighted by Gasteiger charge is -2.16. The van der Waals surface area contributed by atoms with E-state index >= 15 is 0 Å². The molecule has 0 heterocycles. The topological polar surface area (TPSA) is 119 Å². The highest BCUT2D eigenvalue weighted by Crippen LogP contribution is 2.28. The molecule has 0 aliphatic heterocycles. The maximum absolute atomic E-state index is 12.1. The minimum Gasteiger partial charge on any atom is -0.495 e. The lowest BCUT2D eigenvalue weighted by atomic mass is 10.1. The first-order valence-electron chi connectivity index (χ1n) is 6.19. The lowest BCUT2D eigenvalue weighted by molar-refractivity contribution is -0.385. The predicted octanol–water partition coefficient (Wildman–Crippen LogP) is 0.899. The maximum atomic E-state index is 12.1. The quantitative estimate of drug-likeness (QED) is 0.569. The summed E-state index contributed by atoms with van der Waals surface area (Å²) in [6.45, 7) is 3.36. The van der Waals surface area contributed by atoms with Gasteiger partial charge in [0.15, 0.2) is 0 Å². The summed E-state index contributed by atoms with van der Waals surface area (Å²) in [5.41, 5.74) is -0.270. The van der Waals surface area contributed by atoms with Gasteiger partial charge in [0.05, 0.1) is 24.2 Å². The van der Waals surface area contributed by atoms with Crippen LogP contribution in [0.25, 0.3) is 0 Å². The van der Waals surface area contributed by atoms with Crippen LogP contribution >= 0.6 is 0 Å². The Morgan fingerprint density at radius 2 is 2.05 bits per heavy atom. The van der Waals surface area contributed by atoms with Gasteiger partial charge in [0, 0.05) is 12.6 Å². The van der Waals surface area contributed by atoms with Crippen molar-refractivity contribution in [3.63, 3.8) is 0 Å². The van der Waals surface area contributed by atoms with Crippen molar-refractivity contribution in [2.75, 3.05) is 13.7 Å². The van der Waals surface area contributed by atoms with Crippen molar-refractivity contribution in [2.24, 2.45) is 5.92 Å². The van der Waals surface area contributed by atoms with Gasteiger partial charge in [0.2, 0.25) is 10.0 Å². The van der Waals surface area contributed by atoms with Gasteiger partial charge < -0.3 is 9.84 Å². The molecule has 0 amide bonds. The molecule has 8 nitrogen and oxygen atoms in total. The molecule has 9 heteroatoms. The Balaban J connectivity index is 3.05. The van der Waals surface area contributed by atoms with Crippen molar-refractivity contribution in [1.82, 2.24) is 4.72 Å². The molecule has 0 aliphatic carbocycles. The highest BCUT2D eigenvalue weighted by molar-refractivity contribution is 7.89. The molecule has 1 rings (SSSR count). The number of nitro groups is 1. The number of hydrogen-bond donors (Lipinski definition) is 2. The van der Waals surface area contributed by atoms with Crippen molar-refractivity contribution in [2.45, 2.75) is 24.8 Å². The Labute approximate surface area is 122 Å². The van der Waals surface area contributed by atoms with E-state index in [4.69, 9.17) is 4.74 Å². The van der Waals surface area contributed by atoms with Crippen molar-refractivity contribution in [1.29, 1.82) is 0 Å². The molecule has 0 bridgehead atoms. The van der Waals surface area contributed by atoms with Gasteiger partial charge in [-0.2, -0.15) is 0 Å². The van der Waals surface area contributed by atoms with Gasteiger partial charge in [-0.15, -0.1) is 0 Å². The minimum atomic E-state index is -3.93. The number of aliphatic hydroxyl groups excluding tert-OH is 1. The van der Waals surface area contributed by atoms with Gasteiger partial charge in [-0.1, -0.05) is 13.8 Å². The van der Waals surface area contributed by atoms with Gasteiger partial charge in [0.25, 0.3) is 5.69 Å². The second kappa shape index (κ2) is 6.83. The second-order valence-electron chi connectivity index (χ2n) is 4.76. The largest absolute Gasteiger partial charge is 0.495 e. The van der Waals surface area contributed by atoms with Crippen LogP contribution < -0.4 is 9.46 Å². The summed E-state index contributed by atoms with van der Waals surface area (Å²) in [6.07, 6.45) is -0.830. The van der Waals surface area contributed by atoms with Crippen LogP contribution in [0.4, 0.5) is 5.69 Å². The van der Waals surface area contributed by atoms with Gasteiger partial charge in [-0.25, -0.2) is 13.1 Å². The van der Waals surface area contributed by atoms with Gasteiger partial charge in [-0.3, -0.25) is 10.1 Å². The van der Waals surface area contributed by atoms with Crippen LogP contribution in [0.5, 0.6) is 5.75 Å². The van der Waals surface area contributed by atoms with Crippen LogP contribution in [0, 0.1) is 16.0 Å². The summed E-state index contributed by atoms with van der Waals surface area (Å²) < 4.78 is 31.4. The summed E-state index contributed by atoms with van der Waals surface area (Å²) in [5.74, 6) is -0.234. The van der Waals surface area contributed by atoms with Gasteiger partial charge in [-0.05, 0) is 12.0 Å². The number of nitro benzene ring substituents is 1. The molecular weight excluding hydrogens is 300 g/mol. The average Bonchev–Trinajstić information content (AvgIpc) is 2.43. The molecular formula is C12H18N2O6S. The monoisotopic (exact) mass is 318 g/mol. The zero-order valence-corrected chi connectivity index (χ0v) is 12.8. The third-order valence-corrected chi connectivity index (χ3v) is 4.36. The molecule has 0 aliphatic rings. The average molecular weight is 318 g/mol. The molecule has 2 N–H and O–H groups in total. The van der Waals surface area contributed by atoms with Gasteiger partial charge >= 0.3 is 0 Å². The number of methoxy groups -OCH3 is 1. The standard InChI is InChI=1S/C12H18N2O6S/c1-8(2)10(15)7-13-21(18,19)12-5-4-9(14(16)17)6-11(12)20-3/h4-6,8,10,13,15H,7H2,1-3H3. The van der Waals surface area contributed by atoms with E-state index in [0.29, 0.717) is 0 Å². The SMILES string of the molecule is COc1cc([N+](=O)[O-])ccc1S(=O)(=O)NCC(O)C(C)C.